The third-order valence-corrected chi connectivity index (χ3v) is 14.8. The Morgan fingerprint density at radius 3 is 2.32 bits per heavy atom. The van der Waals surface area contributed by atoms with Gasteiger partial charge < -0.3 is 4.74 Å². The van der Waals surface area contributed by atoms with Gasteiger partial charge in [-0.05, 0) is 121 Å². The SMILES string of the molecule is C[C@@H]1CC[C@]2(C)CC[C@]3(C)C(=CC[C@@H]4[C@@]5(C)CC[C@H](OC(=O)C=Cc6ccccc6)C(C)(C)[C@H]5CC[C@]43C)C2[C@H]1C. The van der Waals surface area contributed by atoms with E-state index >= 15 is 0 Å². The second-order valence-corrected chi connectivity index (χ2v) is 16.8. The van der Waals surface area contributed by atoms with Gasteiger partial charge in [0.1, 0.15) is 6.10 Å². The minimum atomic E-state index is -0.199. The summed E-state index contributed by atoms with van der Waals surface area (Å²) in [7, 11) is 0. The van der Waals surface area contributed by atoms with Crippen LogP contribution in [0.25, 0.3) is 6.08 Å². The van der Waals surface area contributed by atoms with Crippen molar-refractivity contribution in [2.24, 2.45) is 56.7 Å². The molecule has 0 heterocycles. The van der Waals surface area contributed by atoms with Crippen LogP contribution < -0.4 is 0 Å². The van der Waals surface area contributed by atoms with Crippen LogP contribution in [0.1, 0.15) is 119 Å². The fourth-order valence-electron chi connectivity index (χ4n) is 11.9. The summed E-state index contributed by atoms with van der Waals surface area (Å²) in [4.78, 5) is 13.0. The van der Waals surface area contributed by atoms with E-state index in [9.17, 15) is 4.79 Å². The van der Waals surface area contributed by atoms with E-state index in [1.807, 2.05) is 42.0 Å². The molecular weight excluding hydrogens is 500 g/mol. The summed E-state index contributed by atoms with van der Waals surface area (Å²) >= 11 is 0. The molecule has 0 aromatic heterocycles. The average molecular weight is 557 g/mol. The van der Waals surface area contributed by atoms with Gasteiger partial charge in [0.15, 0.2) is 0 Å². The molecular formula is C39H56O2. The summed E-state index contributed by atoms with van der Waals surface area (Å²) in [5.74, 6) is 3.43. The Hall–Kier alpha value is -1.83. The highest BCUT2D eigenvalue weighted by atomic mass is 16.5. The van der Waals surface area contributed by atoms with Crippen molar-refractivity contribution in [3.63, 3.8) is 0 Å². The zero-order chi connectivity index (χ0) is 29.4. The molecule has 1 aromatic carbocycles. The zero-order valence-electron chi connectivity index (χ0n) is 27.3. The molecule has 4 fully saturated rings. The molecule has 0 amide bonds. The number of benzene rings is 1. The van der Waals surface area contributed by atoms with E-state index < -0.39 is 0 Å². The molecule has 1 aromatic rings. The van der Waals surface area contributed by atoms with Crippen LogP contribution in [0.4, 0.5) is 0 Å². The summed E-state index contributed by atoms with van der Waals surface area (Å²) in [5, 5.41) is 0. The van der Waals surface area contributed by atoms with E-state index in [4.69, 9.17) is 4.74 Å². The molecule has 2 nitrogen and oxygen atoms in total. The van der Waals surface area contributed by atoms with Crippen LogP contribution >= 0.6 is 0 Å². The number of hydrogen-bond donors (Lipinski definition) is 0. The summed E-state index contributed by atoms with van der Waals surface area (Å²) < 4.78 is 6.24. The third-order valence-electron chi connectivity index (χ3n) is 14.8. The highest BCUT2D eigenvalue weighted by molar-refractivity contribution is 5.87. The van der Waals surface area contributed by atoms with Crippen LogP contribution in [0.5, 0.6) is 0 Å². The number of carbonyl (C=O) groups excluding carboxylic acids is 1. The Morgan fingerprint density at radius 2 is 1.59 bits per heavy atom. The lowest BCUT2D eigenvalue weighted by molar-refractivity contribution is -0.211. The van der Waals surface area contributed by atoms with Crippen molar-refractivity contribution in [1.29, 1.82) is 0 Å². The Labute approximate surface area is 250 Å². The van der Waals surface area contributed by atoms with Crippen LogP contribution in [0, 0.1) is 56.7 Å². The Balaban J connectivity index is 1.26. The van der Waals surface area contributed by atoms with Gasteiger partial charge in [-0.15, -0.1) is 0 Å². The smallest absolute Gasteiger partial charge is 0.331 e. The van der Waals surface area contributed by atoms with Crippen molar-refractivity contribution in [2.75, 3.05) is 0 Å². The lowest BCUT2D eigenvalue weighted by atomic mass is 9.33. The molecule has 5 aliphatic rings. The highest BCUT2D eigenvalue weighted by Crippen LogP contribution is 2.75. The van der Waals surface area contributed by atoms with Crippen molar-refractivity contribution in [2.45, 2.75) is 119 Å². The number of esters is 1. The maximum atomic E-state index is 13.0. The first-order chi connectivity index (χ1) is 19.3. The molecule has 1 unspecified atom stereocenters. The van der Waals surface area contributed by atoms with Crippen molar-refractivity contribution in [1.82, 2.24) is 0 Å². The summed E-state index contributed by atoms with van der Waals surface area (Å²) in [6, 6.07) is 10.0. The van der Waals surface area contributed by atoms with Gasteiger partial charge in [-0.2, -0.15) is 0 Å². The van der Waals surface area contributed by atoms with Crippen LogP contribution in [0.2, 0.25) is 0 Å². The topological polar surface area (TPSA) is 26.3 Å². The summed E-state index contributed by atoms with van der Waals surface area (Å²) in [6.07, 6.45) is 17.8. The molecule has 0 aliphatic heterocycles. The number of rotatable bonds is 3. The first kappa shape index (κ1) is 29.3. The van der Waals surface area contributed by atoms with Crippen LogP contribution in [0.15, 0.2) is 48.1 Å². The summed E-state index contributed by atoms with van der Waals surface area (Å²) in [6.45, 7) is 20.6. The molecule has 10 atom stereocenters. The third kappa shape index (κ3) is 4.27. The van der Waals surface area contributed by atoms with Crippen LogP contribution in [-0.4, -0.2) is 12.1 Å². The quantitative estimate of drug-likeness (QED) is 0.210. The largest absolute Gasteiger partial charge is 0.459 e. The maximum absolute atomic E-state index is 13.0. The predicted molar refractivity (Wildman–Crippen MR) is 170 cm³/mol. The molecule has 41 heavy (non-hydrogen) atoms. The monoisotopic (exact) mass is 556 g/mol. The van der Waals surface area contributed by atoms with Crippen molar-refractivity contribution >= 4 is 12.0 Å². The molecule has 0 saturated heterocycles. The molecule has 6 rings (SSSR count). The minimum absolute atomic E-state index is 0.0249. The molecule has 0 N–H and O–H groups in total. The second-order valence-electron chi connectivity index (χ2n) is 16.8. The Bertz CT molecular complexity index is 1230. The molecule has 0 spiro atoms. The molecule has 224 valence electrons. The number of ether oxygens (including phenoxy) is 1. The van der Waals surface area contributed by atoms with Gasteiger partial charge in [0, 0.05) is 11.5 Å². The fraction of sp³-hybridized carbons (Fsp3) is 0.718. The molecule has 0 bridgehead atoms. The number of allylic oxidation sites excluding steroid dienone is 2. The lowest BCUT2D eigenvalue weighted by Gasteiger charge is -2.71. The molecule has 2 heteroatoms. The molecule has 5 aliphatic carbocycles. The van der Waals surface area contributed by atoms with Gasteiger partial charge in [-0.25, -0.2) is 4.79 Å². The van der Waals surface area contributed by atoms with Gasteiger partial charge in [0.05, 0.1) is 0 Å². The van der Waals surface area contributed by atoms with E-state index in [-0.39, 0.29) is 22.9 Å². The highest BCUT2D eigenvalue weighted by Gasteiger charge is 2.68. The Kier molecular flexibility index (Phi) is 7.03. The number of carbonyl (C=O) groups is 1. The molecule has 4 saturated carbocycles. The average Bonchev–Trinajstić information content (AvgIpc) is 2.93. The van der Waals surface area contributed by atoms with Crippen molar-refractivity contribution in [3.8, 4) is 0 Å². The van der Waals surface area contributed by atoms with Gasteiger partial charge in [-0.1, -0.05) is 97.4 Å². The standard InChI is InChI=1S/C39H56O2/c1-26-18-21-36(5)24-25-38(7)29(34(36)27(26)2)15-16-31-37(6)22-20-32(35(3,4)30(37)19-23-39(31,38)8)41-33(40)17-14-28-12-10-9-11-13-28/h9-15,17,26-27,30-32,34H,16,18-25H2,1-8H3/t26-,27+,30-,31-,32+,34?,36-,37+,38-,39-/m1/s1. The number of hydrogen-bond acceptors (Lipinski definition) is 2. The van der Waals surface area contributed by atoms with Crippen LogP contribution in [0.3, 0.4) is 0 Å². The molecule has 0 radical (unpaired) electrons. The fourth-order valence-corrected chi connectivity index (χ4v) is 11.9. The van der Waals surface area contributed by atoms with Crippen LogP contribution in [-0.2, 0) is 9.53 Å². The second kappa shape index (κ2) is 9.85. The lowest BCUT2D eigenvalue weighted by Crippen LogP contribution is -2.65. The summed E-state index contributed by atoms with van der Waals surface area (Å²) in [5.41, 5.74) is 4.25. The van der Waals surface area contributed by atoms with E-state index in [0.29, 0.717) is 28.1 Å². The maximum Gasteiger partial charge on any atom is 0.331 e. The van der Waals surface area contributed by atoms with E-state index in [1.54, 1.807) is 6.08 Å². The predicted octanol–water partition coefficient (Wildman–Crippen LogP) is 10.3. The first-order valence-electron chi connectivity index (χ1n) is 16.9. The van der Waals surface area contributed by atoms with E-state index in [1.165, 1.54) is 44.9 Å². The number of fused-ring (bicyclic) bond motifs is 7. The normalized spacial score (nSPS) is 46.9. The zero-order valence-corrected chi connectivity index (χ0v) is 27.3. The van der Waals surface area contributed by atoms with E-state index in [2.05, 4.69) is 61.5 Å². The van der Waals surface area contributed by atoms with Gasteiger partial charge in [0.2, 0.25) is 0 Å². The van der Waals surface area contributed by atoms with Gasteiger partial charge in [0.25, 0.3) is 0 Å². The minimum Gasteiger partial charge on any atom is -0.459 e. The Morgan fingerprint density at radius 1 is 0.854 bits per heavy atom. The van der Waals surface area contributed by atoms with Crippen molar-refractivity contribution in [3.05, 3.63) is 53.6 Å². The van der Waals surface area contributed by atoms with E-state index in [0.717, 1.165) is 36.2 Å². The first-order valence-corrected chi connectivity index (χ1v) is 16.9. The van der Waals surface area contributed by atoms with Gasteiger partial charge in [-0.3, -0.25) is 0 Å². The van der Waals surface area contributed by atoms with Crippen molar-refractivity contribution < 1.29 is 9.53 Å². The van der Waals surface area contributed by atoms with Gasteiger partial charge >= 0.3 is 5.97 Å².